The molecule has 0 amide bonds. The highest BCUT2D eigenvalue weighted by Crippen LogP contribution is 2.19. The monoisotopic (exact) mass is 238 g/mol. The van der Waals surface area contributed by atoms with Gasteiger partial charge in [0.05, 0.1) is 0 Å². The second kappa shape index (κ2) is 5.30. The zero-order chi connectivity index (χ0) is 11.5. The van der Waals surface area contributed by atoms with Crippen molar-refractivity contribution >= 4 is 11.3 Å². The highest BCUT2D eigenvalue weighted by Gasteiger charge is 2.25. The molecular weight excluding hydrogens is 216 g/mol. The molecule has 1 aromatic heterocycles. The number of likely N-dealkylation sites (N-methyl/N-ethyl adjacent to an activating group) is 1. The first-order chi connectivity index (χ1) is 7.70. The Kier molecular flexibility index (Phi) is 4.00. The van der Waals surface area contributed by atoms with E-state index in [4.69, 9.17) is 0 Å². The number of thiophene rings is 1. The van der Waals surface area contributed by atoms with Crippen molar-refractivity contribution in [3.63, 3.8) is 0 Å². The molecule has 0 bridgehead atoms. The minimum atomic E-state index is 0.673. The van der Waals surface area contributed by atoms with Crippen molar-refractivity contribution in [2.75, 3.05) is 13.6 Å². The maximum absolute atomic E-state index is 3.69. The van der Waals surface area contributed by atoms with E-state index in [0.29, 0.717) is 6.04 Å². The molecule has 1 aliphatic heterocycles. The summed E-state index contributed by atoms with van der Waals surface area (Å²) in [5.74, 6) is 0. The number of aryl methyl sites for hydroxylation is 1. The van der Waals surface area contributed by atoms with Gasteiger partial charge in [-0.25, -0.2) is 0 Å². The molecule has 1 aromatic rings. The Morgan fingerprint density at radius 2 is 2.38 bits per heavy atom. The average Bonchev–Trinajstić information content (AvgIpc) is 2.83. The summed E-state index contributed by atoms with van der Waals surface area (Å²) >= 11 is 1.88. The van der Waals surface area contributed by atoms with E-state index < -0.39 is 0 Å². The zero-order valence-corrected chi connectivity index (χ0v) is 11.3. The van der Waals surface area contributed by atoms with Crippen molar-refractivity contribution in [3.8, 4) is 0 Å². The largest absolute Gasteiger partial charge is 0.308 e. The summed E-state index contributed by atoms with van der Waals surface area (Å²) in [7, 11) is 2.22. The third-order valence-electron chi connectivity index (χ3n) is 3.66. The van der Waals surface area contributed by atoms with E-state index in [1.807, 2.05) is 11.3 Å². The lowest BCUT2D eigenvalue weighted by Gasteiger charge is -2.13. The van der Waals surface area contributed by atoms with E-state index >= 15 is 0 Å². The molecule has 0 aromatic carbocycles. The van der Waals surface area contributed by atoms with E-state index in [0.717, 1.165) is 19.0 Å². The van der Waals surface area contributed by atoms with Crippen LogP contribution in [0.1, 0.15) is 30.7 Å². The van der Waals surface area contributed by atoms with Gasteiger partial charge in [-0.3, -0.25) is 0 Å². The fraction of sp³-hybridized carbons (Fsp3) is 0.692. The predicted octanol–water partition coefficient (Wildman–Crippen LogP) is 2.49. The van der Waals surface area contributed by atoms with Crippen LogP contribution in [0.2, 0.25) is 0 Å². The first kappa shape index (κ1) is 12.1. The third-order valence-corrected chi connectivity index (χ3v) is 4.62. The number of hydrogen-bond acceptors (Lipinski definition) is 3. The molecule has 1 aliphatic rings. The van der Waals surface area contributed by atoms with Crippen molar-refractivity contribution in [2.24, 2.45) is 0 Å². The van der Waals surface area contributed by atoms with Crippen LogP contribution in [0, 0.1) is 0 Å². The number of nitrogens with one attached hydrogen (secondary N) is 1. The highest BCUT2D eigenvalue weighted by molar-refractivity contribution is 7.10. The lowest BCUT2D eigenvalue weighted by Crippen LogP contribution is -2.31. The summed E-state index contributed by atoms with van der Waals surface area (Å²) in [6.45, 7) is 6.78. The number of nitrogens with zero attached hydrogens (tertiary/aromatic N) is 1. The first-order valence-corrected chi connectivity index (χ1v) is 7.07. The molecule has 2 atom stereocenters. The predicted molar refractivity (Wildman–Crippen MR) is 71.0 cm³/mol. The second-order valence-corrected chi connectivity index (χ2v) is 5.83. The van der Waals surface area contributed by atoms with E-state index in [1.165, 1.54) is 23.4 Å². The van der Waals surface area contributed by atoms with Gasteiger partial charge in [0.2, 0.25) is 0 Å². The highest BCUT2D eigenvalue weighted by atomic mass is 32.1. The molecule has 90 valence electrons. The standard InChI is InChI=1S/C13H22N2S/c1-4-11-5-6-16-13(11)8-14-12-7-10(2)15(3)9-12/h5-6,10,12,14H,4,7-9H2,1-3H3. The van der Waals surface area contributed by atoms with Gasteiger partial charge in [-0.15, -0.1) is 11.3 Å². The second-order valence-electron chi connectivity index (χ2n) is 4.82. The van der Waals surface area contributed by atoms with Crippen LogP contribution < -0.4 is 5.32 Å². The molecule has 0 aliphatic carbocycles. The summed E-state index contributed by atoms with van der Waals surface area (Å²) in [4.78, 5) is 3.96. The molecule has 2 nitrogen and oxygen atoms in total. The Balaban J connectivity index is 1.84. The molecule has 1 fully saturated rings. The zero-order valence-electron chi connectivity index (χ0n) is 10.5. The van der Waals surface area contributed by atoms with Crippen molar-refractivity contribution in [1.82, 2.24) is 10.2 Å². The molecule has 3 heteroatoms. The van der Waals surface area contributed by atoms with Gasteiger partial charge in [-0.1, -0.05) is 6.92 Å². The molecular formula is C13H22N2S. The maximum Gasteiger partial charge on any atom is 0.0305 e. The Bertz CT molecular complexity index is 324. The van der Waals surface area contributed by atoms with Crippen LogP contribution in [0.25, 0.3) is 0 Å². The third kappa shape index (κ3) is 2.65. The molecule has 0 spiro atoms. The number of rotatable bonds is 4. The SMILES string of the molecule is CCc1ccsc1CNC1CC(C)N(C)C1. The topological polar surface area (TPSA) is 15.3 Å². The average molecular weight is 238 g/mol. The Morgan fingerprint density at radius 1 is 1.56 bits per heavy atom. The number of hydrogen-bond donors (Lipinski definition) is 1. The van der Waals surface area contributed by atoms with Crippen LogP contribution in [0.4, 0.5) is 0 Å². The minimum absolute atomic E-state index is 0.673. The fourth-order valence-electron chi connectivity index (χ4n) is 2.42. The van der Waals surface area contributed by atoms with Gasteiger partial charge in [0, 0.05) is 30.1 Å². The summed E-state index contributed by atoms with van der Waals surface area (Å²) < 4.78 is 0. The number of likely N-dealkylation sites (tertiary alicyclic amines) is 1. The van der Waals surface area contributed by atoms with E-state index in [1.54, 1.807) is 0 Å². The summed E-state index contributed by atoms with van der Waals surface area (Å²) in [6, 6.07) is 3.66. The van der Waals surface area contributed by atoms with Gasteiger partial charge >= 0.3 is 0 Å². The summed E-state index contributed by atoms with van der Waals surface area (Å²) in [5, 5.41) is 5.90. The summed E-state index contributed by atoms with van der Waals surface area (Å²) in [6.07, 6.45) is 2.44. The first-order valence-electron chi connectivity index (χ1n) is 6.19. The van der Waals surface area contributed by atoms with Gasteiger partial charge in [0.15, 0.2) is 0 Å². The lowest BCUT2D eigenvalue weighted by molar-refractivity contribution is 0.326. The Hall–Kier alpha value is -0.380. The van der Waals surface area contributed by atoms with Gasteiger partial charge in [-0.2, -0.15) is 0 Å². The van der Waals surface area contributed by atoms with Crippen LogP contribution >= 0.6 is 11.3 Å². The molecule has 1 N–H and O–H groups in total. The van der Waals surface area contributed by atoms with Crippen LogP contribution in [-0.2, 0) is 13.0 Å². The van der Waals surface area contributed by atoms with Crippen molar-refractivity contribution in [2.45, 2.75) is 45.3 Å². The molecule has 16 heavy (non-hydrogen) atoms. The quantitative estimate of drug-likeness (QED) is 0.867. The van der Waals surface area contributed by atoms with Crippen LogP contribution in [0.15, 0.2) is 11.4 Å². The Labute approximate surface area is 103 Å². The van der Waals surface area contributed by atoms with Crippen molar-refractivity contribution in [3.05, 3.63) is 21.9 Å². The molecule has 0 radical (unpaired) electrons. The normalized spacial score (nSPS) is 26.4. The molecule has 0 saturated carbocycles. The van der Waals surface area contributed by atoms with Gasteiger partial charge in [0.1, 0.15) is 0 Å². The van der Waals surface area contributed by atoms with Gasteiger partial charge in [-0.05, 0) is 43.8 Å². The Morgan fingerprint density at radius 3 is 3.00 bits per heavy atom. The van der Waals surface area contributed by atoms with Crippen LogP contribution in [0.3, 0.4) is 0 Å². The van der Waals surface area contributed by atoms with Crippen LogP contribution in [-0.4, -0.2) is 30.6 Å². The van der Waals surface area contributed by atoms with E-state index in [2.05, 4.69) is 42.6 Å². The van der Waals surface area contributed by atoms with Crippen molar-refractivity contribution in [1.29, 1.82) is 0 Å². The summed E-state index contributed by atoms with van der Waals surface area (Å²) in [5.41, 5.74) is 1.51. The van der Waals surface area contributed by atoms with E-state index in [9.17, 15) is 0 Å². The lowest BCUT2D eigenvalue weighted by atomic mass is 10.1. The van der Waals surface area contributed by atoms with Crippen molar-refractivity contribution < 1.29 is 0 Å². The molecule has 1 saturated heterocycles. The van der Waals surface area contributed by atoms with Gasteiger partial charge < -0.3 is 10.2 Å². The van der Waals surface area contributed by atoms with Gasteiger partial charge in [0.25, 0.3) is 0 Å². The molecule has 2 unspecified atom stereocenters. The molecule has 2 heterocycles. The molecule has 2 rings (SSSR count). The van der Waals surface area contributed by atoms with Crippen LogP contribution in [0.5, 0.6) is 0 Å². The fourth-order valence-corrected chi connectivity index (χ4v) is 3.34. The minimum Gasteiger partial charge on any atom is -0.308 e. The maximum atomic E-state index is 3.69. The van der Waals surface area contributed by atoms with E-state index in [-0.39, 0.29) is 0 Å². The smallest absolute Gasteiger partial charge is 0.0305 e.